The third kappa shape index (κ3) is 5.71. The van der Waals surface area contributed by atoms with Gasteiger partial charge in [0.2, 0.25) is 0 Å². The lowest BCUT2D eigenvalue weighted by atomic mass is 10.2. The quantitative estimate of drug-likeness (QED) is 0.610. The van der Waals surface area contributed by atoms with Crippen LogP contribution in [0.25, 0.3) is 0 Å². The Morgan fingerprint density at radius 1 is 1.14 bits per heavy atom. The second-order valence-corrected chi connectivity index (χ2v) is 6.76. The van der Waals surface area contributed by atoms with E-state index in [2.05, 4.69) is 15.0 Å². The van der Waals surface area contributed by atoms with Gasteiger partial charge in [-0.25, -0.2) is 4.98 Å². The molecule has 1 aromatic heterocycles. The van der Waals surface area contributed by atoms with Crippen molar-refractivity contribution >= 4 is 22.9 Å². The van der Waals surface area contributed by atoms with E-state index in [1.54, 1.807) is 24.3 Å². The molecular formula is C19H15F3N2O3S. The van der Waals surface area contributed by atoms with Crippen LogP contribution in [0.5, 0.6) is 11.5 Å². The van der Waals surface area contributed by atoms with Crippen molar-refractivity contribution in [3.8, 4) is 11.5 Å². The first-order valence-electron chi connectivity index (χ1n) is 8.09. The fourth-order valence-electron chi connectivity index (χ4n) is 2.30. The summed E-state index contributed by atoms with van der Waals surface area (Å²) < 4.78 is 46.0. The van der Waals surface area contributed by atoms with E-state index in [9.17, 15) is 18.0 Å². The summed E-state index contributed by atoms with van der Waals surface area (Å²) in [7, 11) is 0. The summed E-state index contributed by atoms with van der Waals surface area (Å²) in [5.74, 6) is -0.273. The van der Waals surface area contributed by atoms with Gasteiger partial charge in [0.15, 0.2) is 0 Å². The van der Waals surface area contributed by atoms with E-state index in [0.717, 1.165) is 22.8 Å². The molecule has 0 fully saturated rings. The van der Waals surface area contributed by atoms with Crippen LogP contribution < -0.4 is 14.8 Å². The molecule has 0 aliphatic carbocycles. The minimum Gasteiger partial charge on any atom is -0.487 e. The highest BCUT2D eigenvalue weighted by Crippen LogP contribution is 2.24. The second-order valence-electron chi connectivity index (χ2n) is 5.70. The second kappa shape index (κ2) is 8.30. The van der Waals surface area contributed by atoms with Crippen molar-refractivity contribution in [3.05, 3.63) is 70.2 Å². The molecule has 0 saturated carbocycles. The molecule has 1 heterocycles. The SMILES string of the molecule is Cc1nc(COc2cccc(C(=O)Nc3ccc(OC(F)(F)F)cc3)c2)cs1. The fourth-order valence-corrected chi connectivity index (χ4v) is 2.90. The summed E-state index contributed by atoms with van der Waals surface area (Å²) in [4.78, 5) is 16.7. The van der Waals surface area contributed by atoms with Gasteiger partial charge >= 0.3 is 6.36 Å². The van der Waals surface area contributed by atoms with Crippen LogP contribution in [0.15, 0.2) is 53.9 Å². The zero-order chi connectivity index (χ0) is 20.1. The first kappa shape index (κ1) is 19.7. The average molecular weight is 408 g/mol. The summed E-state index contributed by atoms with van der Waals surface area (Å²) in [6, 6.07) is 11.5. The van der Waals surface area contributed by atoms with Crippen molar-refractivity contribution in [2.75, 3.05) is 5.32 Å². The average Bonchev–Trinajstić information content (AvgIpc) is 3.06. The van der Waals surface area contributed by atoms with Gasteiger partial charge in [-0.3, -0.25) is 4.79 Å². The summed E-state index contributed by atoms with van der Waals surface area (Å²) in [5, 5.41) is 5.45. The number of nitrogens with zero attached hydrogens (tertiary/aromatic N) is 1. The Labute approximate surface area is 162 Å². The Kier molecular flexibility index (Phi) is 5.84. The molecule has 1 amide bonds. The molecule has 0 spiro atoms. The number of alkyl halides is 3. The standard InChI is InChI=1S/C19H15F3N2O3S/c1-12-23-15(11-28-12)10-26-17-4-2-3-13(9-17)18(25)24-14-5-7-16(8-6-14)27-19(20,21)22/h2-9,11H,10H2,1H3,(H,24,25). The third-order valence-corrected chi connectivity index (χ3v) is 4.32. The highest BCUT2D eigenvalue weighted by atomic mass is 32.1. The van der Waals surface area contributed by atoms with Crippen LogP contribution in [-0.4, -0.2) is 17.3 Å². The van der Waals surface area contributed by atoms with E-state index >= 15 is 0 Å². The summed E-state index contributed by atoms with van der Waals surface area (Å²) in [6.07, 6.45) is -4.76. The first-order valence-corrected chi connectivity index (χ1v) is 8.97. The lowest BCUT2D eigenvalue weighted by Crippen LogP contribution is -2.17. The normalized spacial score (nSPS) is 11.1. The van der Waals surface area contributed by atoms with Gasteiger partial charge in [-0.1, -0.05) is 6.07 Å². The van der Waals surface area contributed by atoms with Gasteiger partial charge in [-0.05, 0) is 49.4 Å². The minimum atomic E-state index is -4.76. The van der Waals surface area contributed by atoms with Crippen LogP contribution in [-0.2, 0) is 6.61 Å². The number of benzene rings is 2. The zero-order valence-corrected chi connectivity index (χ0v) is 15.4. The number of ether oxygens (including phenoxy) is 2. The van der Waals surface area contributed by atoms with Gasteiger partial charge in [0.25, 0.3) is 5.91 Å². The number of carbonyl (C=O) groups is 1. The molecule has 0 unspecified atom stereocenters. The van der Waals surface area contributed by atoms with Crippen LogP contribution in [0.4, 0.5) is 18.9 Å². The maximum absolute atomic E-state index is 12.4. The molecule has 146 valence electrons. The molecule has 3 aromatic rings. The number of anilines is 1. The number of halogens is 3. The number of rotatable bonds is 6. The smallest absolute Gasteiger partial charge is 0.487 e. The number of thiazole rings is 1. The number of aryl methyl sites for hydroxylation is 1. The number of hydrogen-bond acceptors (Lipinski definition) is 5. The third-order valence-electron chi connectivity index (χ3n) is 3.50. The fraction of sp³-hybridized carbons (Fsp3) is 0.158. The number of nitrogens with one attached hydrogen (secondary N) is 1. The van der Waals surface area contributed by atoms with Crippen LogP contribution in [0.1, 0.15) is 21.1 Å². The van der Waals surface area contributed by atoms with Crippen LogP contribution in [0, 0.1) is 6.92 Å². The zero-order valence-electron chi connectivity index (χ0n) is 14.6. The molecule has 2 aromatic carbocycles. The minimum absolute atomic E-state index is 0.288. The number of hydrogen-bond donors (Lipinski definition) is 1. The van der Waals surface area contributed by atoms with Gasteiger partial charge in [-0.15, -0.1) is 24.5 Å². The highest BCUT2D eigenvalue weighted by Gasteiger charge is 2.30. The van der Waals surface area contributed by atoms with Crippen molar-refractivity contribution in [1.82, 2.24) is 4.98 Å². The van der Waals surface area contributed by atoms with E-state index in [1.165, 1.54) is 23.5 Å². The summed E-state index contributed by atoms with van der Waals surface area (Å²) >= 11 is 1.53. The van der Waals surface area contributed by atoms with Crippen LogP contribution in [0.2, 0.25) is 0 Å². The molecule has 0 atom stereocenters. The molecule has 3 rings (SSSR count). The molecule has 0 aliphatic rings. The number of carbonyl (C=O) groups excluding carboxylic acids is 1. The van der Waals surface area contributed by atoms with Crippen molar-refractivity contribution in [2.45, 2.75) is 19.9 Å². The van der Waals surface area contributed by atoms with Gasteiger partial charge < -0.3 is 14.8 Å². The Morgan fingerprint density at radius 2 is 1.89 bits per heavy atom. The molecule has 28 heavy (non-hydrogen) atoms. The summed E-state index contributed by atoms with van der Waals surface area (Å²) in [5.41, 5.74) is 1.49. The van der Waals surface area contributed by atoms with Crippen LogP contribution in [0.3, 0.4) is 0 Å². The molecular weight excluding hydrogens is 393 g/mol. The van der Waals surface area contributed by atoms with E-state index in [4.69, 9.17) is 4.74 Å². The Balaban J connectivity index is 1.61. The Bertz CT molecular complexity index is 956. The van der Waals surface area contributed by atoms with Gasteiger partial charge in [-0.2, -0.15) is 0 Å². The van der Waals surface area contributed by atoms with Crippen LogP contribution >= 0.6 is 11.3 Å². The lowest BCUT2D eigenvalue weighted by Gasteiger charge is -2.10. The summed E-state index contributed by atoms with van der Waals surface area (Å²) in [6.45, 7) is 2.19. The molecule has 0 aliphatic heterocycles. The van der Waals surface area contributed by atoms with Crippen molar-refractivity contribution in [3.63, 3.8) is 0 Å². The molecule has 1 N–H and O–H groups in total. The van der Waals surface area contributed by atoms with Gasteiger partial charge in [0.1, 0.15) is 18.1 Å². The Hall–Kier alpha value is -3.07. The van der Waals surface area contributed by atoms with Crippen molar-refractivity contribution < 1.29 is 27.4 Å². The molecule has 0 radical (unpaired) electrons. The maximum Gasteiger partial charge on any atom is 0.573 e. The molecule has 5 nitrogen and oxygen atoms in total. The van der Waals surface area contributed by atoms with E-state index in [0.29, 0.717) is 17.0 Å². The Morgan fingerprint density at radius 3 is 2.54 bits per heavy atom. The van der Waals surface area contributed by atoms with E-state index < -0.39 is 12.3 Å². The van der Waals surface area contributed by atoms with E-state index in [1.807, 2.05) is 12.3 Å². The van der Waals surface area contributed by atoms with E-state index in [-0.39, 0.29) is 12.4 Å². The van der Waals surface area contributed by atoms with Crippen molar-refractivity contribution in [1.29, 1.82) is 0 Å². The maximum atomic E-state index is 12.4. The predicted molar refractivity (Wildman–Crippen MR) is 98.7 cm³/mol. The monoisotopic (exact) mass is 408 g/mol. The number of aromatic nitrogens is 1. The molecule has 0 bridgehead atoms. The highest BCUT2D eigenvalue weighted by molar-refractivity contribution is 7.09. The predicted octanol–water partition coefficient (Wildman–Crippen LogP) is 5.18. The van der Waals surface area contributed by atoms with Gasteiger partial charge in [0.05, 0.1) is 10.7 Å². The van der Waals surface area contributed by atoms with Gasteiger partial charge in [0, 0.05) is 16.6 Å². The molecule has 9 heteroatoms. The molecule has 0 saturated heterocycles. The lowest BCUT2D eigenvalue weighted by molar-refractivity contribution is -0.274. The largest absolute Gasteiger partial charge is 0.573 e. The topological polar surface area (TPSA) is 60.5 Å². The van der Waals surface area contributed by atoms with Crippen molar-refractivity contribution in [2.24, 2.45) is 0 Å². The first-order chi connectivity index (χ1) is 13.3. The number of amides is 1.